The first kappa shape index (κ1) is 11.4. The Labute approximate surface area is 105 Å². The highest BCUT2D eigenvalue weighted by atomic mass is 35.5. The molecule has 2 aromatic rings. The maximum atomic E-state index is 5.95. The van der Waals surface area contributed by atoms with Gasteiger partial charge in [-0.15, -0.1) is 0 Å². The smallest absolute Gasteiger partial charge is 0.0595 e. The van der Waals surface area contributed by atoms with Gasteiger partial charge < -0.3 is 0 Å². The minimum absolute atomic E-state index is 0.585. The molecule has 0 aliphatic carbocycles. The molecule has 0 aliphatic rings. The molecule has 3 heteroatoms. The summed E-state index contributed by atoms with van der Waals surface area (Å²) in [6.07, 6.45) is 2.64. The summed E-state index contributed by atoms with van der Waals surface area (Å²) in [4.78, 5) is 4.35. The van der Waals surface area contributed by atoms with Crippen LogP contribution in [-0.2, 0) is 6.42 Å². The zero-order valence-electron chi connectivity index (χ0n) is 8.87. The zero-order valence-corrected chi connectivity index (χ0v) is 10.4. The second-order valence-corrected chi connectivity index (χ2v) is 4.57. The molecule has 0 aliphatic heterocycles. The van der Waals surface area contributed by atoms with Crippen LogP contribution < -0.4 is 0 Å². The zero-order chi connectivity index (χ0) is 11.5. The Bertz CT molecular complexity index is 492. The van der Waals surface area contributed by atoms with Crippen molar-refractivity contribution >= 4 is 23.2 Å². The quantitative estimate of drug-likeness (QED) is 0.777. The number of hydrogen-bond acceptors (Lipinski definition) is 1. The topological polar surface area (TPSA) is 12.9 Å². The Morgan fingerprint density at radius 1 is 1.06 bits per heavy atom. The number of benzene rings is 1. The molecule has 82 valence electrons. The average Bonchev–Trinajstić information content (AvgIpc) is 2.27. The third kappa shape index (κ3) is 2.75. The Balaban J connectivity index is 2.20. The third-order valence-corrected chi connectivity index (χ3v) is 3.08. The molecule has 0 bridgehead atoms. The monoisotopic (exact) mass is 251 g/mol. The fraction of sp³-hybridized carbons (Fsp3) is 0.154. The minimum Gasteiger partial charge on any atom is -0.261 e. The predicted octanol–water partition coefficient (Wildman–Crippen LogP) is 4.29. The molecule has 0 unspecified atom stereocenters. The molecular formula is C13H11Cl2N. The number of pyridine rings is 1. The van der Waals surface area contributed by atoms with Crippen LogP contribution in [0.25, 0.3) is 0 Å². The Hall–Kier alpha value is -1.05. The summed E-state index contributed by atoms with van der Waals surface area (Å²) < 4.78 is 0. The van der Waals surface area contributed by atoms with E-state index in [0.717, 1.165) is 23.2 Å². The molecule has 1 heterocycles. The molecule has 1 aromatic carbocycles. The van der Waals surface area contributed by atoms with Crippen molar-refractivity contribution in [3.05, 3.63) is 63.4 Å². The molecule has 0 spiro atoms. The largest absolute Gasteiger partial charge is 0.261 e. The van der Waals surface area contributed by atoms with Crippen LogP contribution in [0.2, 0.25) is 10.0 Å². The maximum absolute atomic E-state index is 5.95. The Kier molecular flexibility index (Phi) is 3.47. The van der Waals surface area contributed by atoms with Gasteiger partial charge in [-0.05, 0) is 36.2 Å². The lowest BCUT2D eigenvalue weighted by Crippen LogP contribution is -1.92. The van der Waals surface area contributed by atoms with E-state index in [2.05, 4.69) is 11.1 Å². The van der Waals surface area contributed by atoms with Crippen LogP contribution in [0.3, 0.4) is 0 Å². The van der Waals surface area contributed by atoms with Crippen LogP contribution in [0.5, 0.6) is 0 Å². The van der Waals surface area contributed by atoms with Gasteiger partial charge in [0.25, 0.3) is 0 Å². The van der Waals surface area contributed by atoms with Crippen LogP contribution >= 0.6 is 23.2 Å². The molecule has 2 rings (SSSR count). The second-order valence-electron chi connectivity index (χ2n) is 3.75. The van der Waals surface area contributed by atoms with Crippen molar-refractivity contribution in [2.75, 3.05) is 0 Å². The number of aryl methyl sites for hydroxylation is 1. The van der Waals surface area contributed by atoms with Gasteiger partial charge in [-0.1, -0.05) is 35.3 Å². The van der Waals surface area contributed by atoms with Crippen molar-refractivity contribution in [3.8, 4) is 0 Å². The molecule has 0 radical (unpaired) electrons. The van der Waals surface area contributed by atoms with Gasteiger partial charge in [0.15, 0.2) is 0 Å². The summed E-state index contributed by atoms with van der Waals surface area (Å²) in [6.45, 7) is 2.02. The van der Waals surface area contributed by atoms with E-state index < -0.39 is 0 Å². The van der Waals surface area contributed by atoms with E-state index in [1.165, 1.54) is 0 Å². The lowest BCUT2D eigenvalue weighted by Gasteiger charge is -2.03. The molecule has 0 atom stereocenters. The third-order valence-electron chi connectivity index (χ3n) is 2.34. The second kappa shape index (κ2) is 4.86. The summed E-state index contributed by atoms with van der Waals surface area (Å²) in [6, 6.07) is 9.74. The summed E-state index contributed by atoms with van der Waals surface area (Å²) in [5, 5.41) is 1.17. The Morgan fingerprint density at radius 2 is 1.88 bits per heavy atom. The SMILES string of the molecule is Cc1ccc(Cc2ccc(Cl)c(Cl)c2)nc1. The first-order valence-corrected chi connectivity index (χ1v) is 5.76. The summed E-state index contributed by atoms with van der Waals surface area (Å²) in [7, 11) is 0. The van der Waals surface area contributed by atoms with Crippen molar-refractivity contribution < 1.29 is 0 Å². The van der Waals surface area contributed by atoms with E-state index in [9.17, 15) is 0 Å². The van der Waals surface area contributed by atoms with Gasteiger partial charge >= 0.3 is 0 Å². The van der Waals surface area contributed by atoms with Gasteiger partial charge in [0.2, 0.25) is 0 Å². The lowest BCUT2D eigenvalue weighted by molar-refractivity contribution is 1.06. The molecule has 0 fully saturated rings. The highest BCUT2D eigenvalue weighted by Crippen LogP contribution is 2.23. The van der Waals surface area contributed by atoms with Crippen molar-refractivity contribution in [1.29, 1.82) is 0 Å². The fourth-order valence-electron chi connectivity index (χ4n) is 1.46. The van der Waals surface area contributed by atoms with E-state index in [4.69, 9.17) is 23.2 Å². The number of halogens is 2. The highest BCUT2D eigenvalue weighted by molar-refractivity contribution is 6.42. The van der Waals surface area contributed by atoms with Gasteiger partial charge in [-0.3, -0.25) is 4.98 Å². The van der Waals surface area contributed by atoms with Crippen molar-refractivity contribution in [2.45, 2.75) is 13.3 Å². The predicted molar refractivity (Wildman–Crippen MR) is 68.2 cm³/mol. The number of nitrogens with zero attached hydrogens (tertiary/aromatic N) is 1. The molecule has 1 aromatic heterocycles. The minimum atomic E-state index is 0.585. The Morgan fingerprint density at radius 3 is 2.50 bits per heavy atom. The first-order chi connectivity index (χ1) is 7.65. The molecular weight excluding hydrogens is 241 g/mol. The molecule has 16 heavy (non-hydrogen) atoms. The fourth-order valence-corrected chi connectivity index (χ4v) is 1.78. The van der Waals surface area contributed by atoms with Gasteiger partial charge in [-0.25, -0.2) is 0 Å². The summed E-state index contributed by atoms with van der Waals surface area (Å²) in [5.41, 5.74) is 3.31. The molecule has 0 saturated carbocycles. The van der Waals surface area contributed by atoms with Crippen molar-refractivity contribution in [1.82, 2.24) is 4.98 Å². The number of rotatable bonds is 2. The van der Waals surface area contributed by atoms with Gasteiger partial charge in [0, 0.05) is 18.3 Å². The van der Waals surface area contributed by atoms with Crippen LogP contribution in [0.15, 0.2) is 36.5 Å². The van der Waals surface area contributed by atoms with Crippen molar-refractivity contribution in [2.24, 2.45) is 0 Å². The lowest BCUT2D eigenvalue weighted by atomic mass is 10.1. The highest BCUT2D eigenvalue weighted by Gasteiger charge is 2.01. The normalized spacial score (nSPS) is 10.4. The molecule has 0 saturated heterocycles. The van der Waals surface area contributed by atoms with E-state index in [1.807, 2.05) is 37.4 Å². The maximum Gasteiger partial charge on any atom is 0.0595 e. The van der Waals surface area contributed by atoms with Gasteiger partial charge in [0.1, 0.15) is 0 Å². The van der Waals surface area contributed by atoms with Crippen LogP contribution in [0.1, 0.15) is 16.8 Å². The van der Waals surface area contributed by atoms with Crippen LogP contribution in [-0.4, -0.2) is 4.98 Å². The first-order valence-electron chi connectivity index (χ1n) is 5.00. The number of hydrogen-bond donors (Lipinski definition) is 0. The standard InChI is InChI=1S/C13H11Cl2N/c1-9-2-4-11(16-8-9)6-10-3-5-12(14)13(15)7-10/h2-5,7-8H,6H2,1H3. The van der Waals surface area contributed by atoms with E-state index in [-0.39, 0.29) is 0 Å². The molecule has 1 nitrogen and oxygen atoms in total. The van der Waals surface area contributed by atoms with E-state index in [0.29, 0.717) is 10.0 Å². The average molecular weight is 252 g/mol. The van der Waals surface area contributed by atoms with E-state index in [1.54, 1.807) is 0 Å². The van der Waals surface area contributed by atoms with Crippen LogP contribution in [0.4, 0.5) is 0 Å². The number of aromatic nitrogens is 1. The summed E-state index contributed by atoms with van der Waals surface area (Å²) >= 11 is 11.8. The molecule has 0 amide bonds. The summed E-state index contributed by atoms with van der Waals surface area (Å²) in [5.74, 6) is 0. The van der Waals surface area contributed by atoms with Crippen LogP contribution in [0, 0.1) is 6.92 Å². The van der Waals surface area contributed by atoms with Gasteiger partial charge in [0.05, 0.1) is 10.0 Å². The van der Waals surface area contributed by atoms with Gasteiger partial charge in [-0.2, -0.15) is 0 Å². The van der Waals surface area contributed by atoms with Crippen molar-refractivity contribution in [3.63, 3.8) is 0 Å². The van der Waals surface area contributed by atoms with E-state index >= 15 is 0 Å². The molecule has 0 N–H and O–H groups in total.